The fraction of sp³-hybridized carbons (Fsp3) is 0.529. The summed E-state index contributed by atoms with van der Waals surface area (Å²) in [6.45, 7) is 9.18. The molecule has 23 heavy (non-hydrogen) atoms. The fourth-order valence-electron chi connectivity index (χ4n) is 3.06. The lowest BCUT2D eigenvalue weighted by Crippen LogP contribution is -2.35. The number of carbonyl (C=O) groups is 1. The molecule has 2 aromatic heterocycles. The van der Waals surface area contributed by atoms with Crippen LogP contribution in [0, 0.1) is 6.92 Å². The van der Waals surface area contributed by atoms with E-state index in [0.717, 1.165) is 23.1 Å². The molecule has 1 unspecified atom stereocenters. The first-order valence-electron chi connectivity index (χ1n) is 7.85. The van der Waals surface area contributed by atoms with Gasteiger partial charge in [0, 0.05) is 24.7 Å². The van der Waals surface area contributed by atoms with Crippen LogP contribution in [0.4, 0.5) is 4.79 Å². The highest BCUT2D eigenvalue weighted by Crippen LogP contribution is 2.30. The van der Waals surface area contributed by atoms with Crippen molar-refractivity contribution in [1.82, 2.24) is 14.5 Å². The van der Waals surface area contributed by atoms with Gasteiger partial charge in [-0.3, -0.25) is 0 Å². The van der Waals surface area contributed by atoms with Gasteiger partial charge < -0.3 is 14.2 Å². The minimum absolute atomic E-state index is 0.228. The lowest BCUT2D eigenvalue weighted by Gasteiger charge is -2.24. The van der Waals surface area contributed by atoms with Gasteiger partial charge >= 0.3 is 6.09 Å². The number of halogens is 1. The van der Waals surface area contributed by atoms with Crippen molar-refractivity contribution in [2.45, 2.75) is 45.8 Å². The summed E-state index contributed by atoms with van der Waals surface area (Å²) < 4.78 is 8.56. The minimum Gasteiger partial charge on any atom is -0.444 e. The molecule has 1 saturated heterocycles. The molecule has 0 saturated carbocycles. The Balaban J connectivity index is 1.81. The van der Waals surface area contributed by atoms with Crippen LogP contribution in [0.1, 0.15) is 38.8 Å². The number of hydrogen-bond donors (Lipinski definition) is 0. The van der Waals surface area contributed by atoms with E-state index in [1.807, 2.05) is 33.0 Å². The Hall–Kier alpha value is -1.56. The number of ether oxygens (including phenoxy) is 1. The molecule has 3 rings (SSSR count). The van der Waals surface area contributed by atoms with E-state index in [-0.39, 0.29) is 12.1 Å². The van der Waals surface area contributed by atoms with Gasteiger partial charge in [-0.05, 0) is 61.7 Å². The molecule has 0 N–H and O–H groups in total. The minimum atomic E-state index is -0.456. The van der Waals surface area contributed by atoms with Gasteiger partial charge in [-0.25, -0.2) is 9.78 Å². The molecule has 5 nitrogen and oxygen atoms in total. The molecule has 0 radical (unpaired) electrons. The molecule has 0 aromatic carbocycles. The quantitative estimate of drug-likeness (QED) is 0.694. The summed E-state index contributed by atoms with van der Waals surface area (Å²) in [5, 5.41) is 1.20. The Morgan fingerprint density at radius 1 is 1.43 bits per heavy atom. The molecule has 124 valence electrons. The molecular weight excluding hydrogens is 358 g/mol. The van der Waals surface area contributed by atoms with Gasteiger partial charge in [0.25, 0.3) is 0 Å². The highest BCUT2D eigenvalue weighted by Gasteiger charge is 2.31. The predicted octanol–water partition coefficient (Wildman–Crippen LogP) is 4.29. The number of aryl methyl sites for hydroxylation is 1. The van der Waals surface area contributed by atoms with Crippen LogP contribution in [0.2, 0.25) is 0 Å². The number of hydrogen-bond acceptors (Lipinski definition) is 3. The molecule has 0 bridgehead atoms. The summed E-state index contributed by atoms with van der Waals surface area (Å²) >= 11 is 3.43. The first kappa shape index (κ1) is 16.3. The van der Waals surface area contributed by atoms with Crippen molar-refractivity contribution in [1.29, 1.82) is 0 Å². The largest absolute Gasteiger partial charge is 0.444 e. The number of fused-ring (bicyclic) bond motifs is 1. The van der Waals surface area contributed by atoms with Crippen LogP contribution in [0.25, 0.3) is 10.9 Å². The zero-order valence-electron chi connectivity index (χ0n) is 14.0. The second-order valence-corrected chi connectivity index (χ2v) is 7.92. The van der Waals surface area contributed by atoms with E-state index in [4.69, 9.17) is 4.74 Å². The molecule has 0 aliphatic carbocycles. The molecule has 3 heterocycles. The van der Waals surface area contributed by atoms with Crippen molar-refractivity contribution >= 4 is 32.9 Å². The third-order valence-electron chi connectivity index (χ3n) is 4.09. The number of pyridine rings is 1. The molecular formula is C17H22BrN3O2. The normalized spacial score (nSPS) is 18.7. The Kier molecular flexibility index (Phi) is 4.12. The predicted molar refractivity (Wildman–Crippen MR) is 93.6 cm³/mol. The van der Waals surface area contributed by atoms with Crippen molar-refractivity contribution < 1.29 is 9.53 Å². The lowest BCUT2D eigenvalue weighted by molar-refractivity contribution is 0.0289. The van der Waals surface area contributed by atoms with Gasteiger partial charge in [-0.2, -0.15) is 0 Å². The number of nitrogens with zero attached hydrogens (tertiary/aromatic N) is 3. The number of rotatable bonds is 1. The van der Waals surface area contributed by atoms with Gasteiger partial charge in [-0.1, -0.05) is 0 Å². The zero-order valence-corrected chi connectivity index (χ0v) is 15.6. The third kappa shape index (κ3) is 3.37. The van der Waals surface area contributed by atoms with E-state index in [2.05, 4.69) is 38.6 Å². The van der Waals surface area contributed by atoms with Crippen molar-refractivity contribution in [3.8, 4) is 0 Å². The molecule has 1 aliphatic heterocycles. The van der Waals surface area contributed by atoms with Crippen LogP contribution in [0.15, 0.2) is 23.1 Å². The van der Waals surface area contributed by atoms with Crippen molar-refractivity contribution in [3.05, 3.63) is 28.6 Å². The van der Waals surface area contributed by atoms with E-state index in [1.165, 1.54) is 10.9 Å². The number of carbonyl (C=O) groups excluding carboxylic acids is 1. The SMILES string of the molecule is Cc1cn(C2CCN(C(=O)OC(C)(C)C)C2)c2cnc(Br)cc12. The van der Waals surface area contributed by atoms with Crippen LogP contribution in [-0.2, 0) is 4.74 Å². The Bertz CT molecular complexity index is 748. The van der Waals surface area contributed by atoms with Crippen LogP contribution < -0.4 is 0 Å². The molecule has 1 amide bonds. The summed E-state index contributed by atoms with van der Waals surface area (Å²) in [6, 6.07) is 2.31. The van der Waals surface area contributed by atoms with Crippen molar-refractivity contribution in [3.63, 3.8) is 0 Å². The Labute approximate surface area is 144 Å². The Morgan fingerprint density at radius 2 is 2.17 bits per heavy atom. The average molecular weight is 380 g/mol. The molecule has 1 atom stereocenters. The molecule has 1 fully saturated rings. The number of likely N-dealkylation sites (tertiary alicyclic amines) is 1. The van der Waals surface area contributed by atoms with Crippen molar-refractivity contribution in [2.24, 2.45) is 0 Å². The van der Waals surface area contributed by atoms with Gasteiger partial charge in [-0.15, -0.1) is 0 Å². The highest BCUT2D eigenvalue weighted by molar-refractivity contribution is 9.10. The maximum Gasteiger partial charge on any atom is 0.410 e. The number of aromatic nitrogens is 2. The first-order valence-corrected chi connectivity index (χ1v) is 8.64. The van der Waals surface area contributed by atoms with E-state index in [1.54, 1.807) is 4.90 Å². The second kappa shape index (κ2) is 5.82. The van der Waals surface area contributed by atoms with Crippen LogP contribution in [0.5, 0.6) is 0 Å². The molecule has 1 aliphatic rings. The van der Waals surface area contributed by atoms with Crippen LogP contribution >= 0.6 is 15.9 Å². The van der Waals surface area contributed by atoms with Gasteiger partial charge in [0.05, 0.1) is 17.8 Å². The van der Waals surface area contributed by atoms with Gasteiger partial charge in [0.2, 0.25) is 0 Å². The maximum absolute atomic E-state index is 12.2. The van der Waals surface area contributed by atoms with Crippen LogP contribution in [0.3, 0.4) is 0 Å². The highest BCUT2D eigenvalue weighted by atomic mass is 79.9. The average Bonchev–Trinajstić information content (AvgIpc) is 3.02. The third-order valence-corrected chi connectivity index (χ3v) is 4.53. The smallest absolute Gasteiger partial charge is 0.410 e. The second-order valence-electron chi connectivity index (χ2n) is 7.11. The van der Waals surface area contributed by atoms with Crippen molar-refractivity contribution in [2.75, 3.05) is 13.1 Å². The summed E-state index contributed by atoms with van der Waals surface area (Å²) in [5.41, 5.74) is 1.88. The van der Waals surface area contributed by atoms with E-state index in [9.17, 15) is 4.79 Å². The standard InChI is InChI=1S/C17H22BrN3O2/c1-11-9-21(14-8-19-15(18)7-13(11)14)12-5-6-20(10-12)16(22)23-17(2,3)4/h7-9,12H,5-6,10H2,1-4H3. The topological polar surface area (TPSA) is 47.4 Å². The Morgan fingerprint density at radius 3 is 2.87 bits per heavy atom. The van der Waals surface area contributed by atoms with Gasteiger partial charge in [0.1, 0.15) is 10.2 Å². The summed E-state index contributed by atoms with van der Waals surface area (Å²) in [6.07, 6.45) is 4.75. The monoisotopic (exact) mass is 379 g/mol. The first-order chi connectivity index (χ1) is 10.7. The van der Waals surface area contributed by atoms with E-state index < -0.39 is 5.60 Å². The van der Waals surface area contributed by atoms with Crippen LogP contribution in [-0.4, -0.2) is 39.2 Å². The van der Waals surface area contributed by atoms with Gasteiger partial charge in [0.15, 0.2) is 0 Å². The molecule has 2 aromatic rings. The summed E-state index contributed by atoms with van der Waals surface area (Å²) in [4.78, 5) is 18.4. The molecule has 6 heteroatoms. The van der Waals surface area contributed by atoms with E-state index in [0.29, 0.717) is 6.54 Å². The number of amides is 1. The maximum atomic E-state index is 12.2. The van der Waals surface area contributed by atoms with E-state index >= 15 is 0 Å². The zero-order chi connectivity index (χ0) is 16.8. The lowest BCUT2D eigenvalue weighted by atomic mass is 10.2. The molecule has 0 spiro atoms. The summed E-state index contributed by atoms with van der Waals surface area (Å²) in [7, 11) is 0. The fourth-order valence-corrected chi connectivity index (χ4v) is 3.39. The summed E-state index contributed by atoms with van der Waals surface area (Å²) in [5.74, 6) is 0.